The molecule has 145 heavy (non-hydrogen) atoms. The second kappa shape index (κ2) is 62.0. The number of carboxylic acid groups (broad SMARTS) is 2. The Labute approximate surface area is 846 Å². The van der Waals surface area contributed by atoms with E-state index in [1.807, 2.05) is 60.7 Å². The average molecular weight is 1960 g/mol. The number of terminal acetylenes is 3. The molecule has 0 aromatic heterocycles. The average Bonchev–Trinajstić information content (AvgIpc) is 1.63. The number of nitrogens with zero attached hydrogens (tertiary/aromatic N) is 4. The molecule has 0 bridgehead atoms. The molecule has 4 heterocycles. The molecular weight excluding hydrogens is 1900 g/mol. The first kappa shape index (κ1) is 111. The molecule has 0 amide bonds. The van der Waals surface area contributed by atoms with E-state index in [9.17, 15) is 52.8 Å². The number of aromatic carboxylic acids is 2. The van der Waals surface area contributed by atoms with Crippen molar-refractivity contribution < 1.29 is 82.0 Å². The van der Waals surface area contributed by atoms with Crippen molar-refractivity contribution in [3.63, 3.8) is 0 Å². The SMILES string of the molecule is C#CC#CC#CC#CC#CC#CC#CC#CC#CC#CC.C#CC#CC#CC#CC#CC#CC#CC#CC#CC#CC#CC#CC#CC#CC#CC#CC#CC#CC#CC#CC#C.O=C(O)c1ccc(S(=O)(=O)N2CCC3(CC2)OCCN3S(=O)(=O)c2ccc(C(=O)O)cc2)cc1.O=C(OCc1ccccc1)c1ccc(S(=O)(=O)N2CCC3(CC2)OCCN3S(=O)(=O)c2ccc(C(=O)OCc3ccccc3)cc2)cc1. The topological polar surface area (TPSA) is 295 Å². The van der Waals surface area contributed by atoms with Crippen molar-refractivity contribution in [1.29, 1.82) is 0 Å². The molecule has 4 aliphatic rings. The second-order valence-electron chi connectivity index (χ2n) is 26.9. The van der Waals surface area contributed by atoms with Crippen LogP contribution in [-0.4, -0.2) is 149 Å². The highest BCUT2D eigenvalue weighted by molar-refractivity contribution is 7.90. The van der Waals surface area contributed by atoms with Gasteiger partial charge in [-0.25, -0.2) is 52.8 Å². The van der Waals surface area contributed by atoms with Crippen LogP contribution in [-0.2, 0) is 72.3 Å². The number of carbonyl (C=O) groups is 4. The van der Waals surface area contributed by atoms with Crippen LogP contribution in [0.3, 0.4) is 0 Å². The number of hydrogen-bond donors (Lipinski definition) is 2. The van der Waals surface area contributed by atoms with E-state index >= 15 is 0 Å². The molecule has 4 saturated heterocycles. The van der Waals surface area contributed by atoms with Gasteiger partial charge < -0.3 is 29.2 Å². The van der Waals surface area contributed by atoms with E-state index < -0.39 is 75.4 Å². The zero-order valence-electron chi connectivity index (χ0n) is 76.0. The summed E-state index contributed by atoms with van der Waals surface area (Å²) in [7, 11) is -15.9. The number of benzene rings is 6. The number of carbonyl (C=O) groups excluding carboxylic acids is 2. The number of ether oxygens (including phenoxy) is 4. The number of rotatable bonds is 16. The van der Waals surface area contributed by atoms with Gasteiger partial charge in [-0.05, 0) is 305 Å². The first-order valence-corrected chi connectivity index (χ1v) is 47.1. The van der Waals surface area contributed by atoms with Crippen molar-refractivity contribution in [1.82, 2.24) is 17.2 Å². The lowest BCUT2D eigenvalue weighted by Gasteiger charge is -2.42. The molecule has 6 aromatic carbocycles. The smallest absolute Gasteiger partial charge is 0.338 e. The molecule has 10 rings (SSSR count). The molecule has 0 atom stereocenters. The Kier molecular flexibility index (Phi) is 47.5. The molecule has 0 radical (unpaired) electrons. The van der Waals surface area contributed by atoms with Crippen LogP contribution in [0.25, 0.3) is 0 Å². The van der Waals surface area contributed by atoms with Gasteiger partial charge in [-0.15, -0.1) is 19.3 Å². The molecule has 22 nitrogen and oxygen atoms in total. The Morgan fingerprint density at radius 2 is 0.469 bits per heavy atom. The fraction of sp³-hybridized carbons (Fsp3) is 0.143. The van der Waals surface area contributed by atoms with Crippen molar-refractivity contribution in [2.24, 2.45) is 0 Å². The Hall–Kier alpha value is -20.9. The summed E-state index contributed by atoms with van der Waals surface area (Å²) in [5.41, 5.74) is -0.381. The van der Waals surface area contributed by atoms with E-state index in [0.717, 1.165) is 11.1 Å². The molecule has 4 aliphatic heterocycles. The maximum absolute atomic E-state index is 13.8. The van der Waals surface area contributed by atoms with Crippen LogP contribution in [0.4, 0.5) is 0 Å². The standard InChI is InChI=1S/C42H2.C35H34N2O9S2.C21H22N2O9S2.C21H4/c1-3-5-7-9-11-13-15-17-19-21-23-25-27-29-31-33-35-37-39-41-42-40-38-36-34-32-30-28-26-24-22-20-18-16-14-12-10-8-6-4-2;38-33(44-25-27-7-3-1-4-8-27)29-11-15-31(16-12-29)47(40,41)36-21-19-35(20-22-36)37(23-24-46-35)48(42,43)32-17-13-30(14-18-32)34(39)45-26-28-9-5-2-6-10-28;24-19(25)15-1-5-17(6-2-15)33(28,29)22-11-9-21(10-12-22)23(13-14-32-21)34(30,31)18-7-3-16(4-8-18)20(26)27;1-3-5-7-9-11-13-15-17-19-21-20-18-16-14-12-10-8-6-4-2/h1-2H;1-18H,19-26H2;1-8H,9-14H2,(H,24,25)(H,26,27);1H,2H3. The number of sulfonamides is 4. The largest absolute Gasteiger partial charge is 0.478 e. The van der Waals surface area contributed by atoms with Gasteiger partial charge in [0.15, 0.2) is 0 Å². The van der Waals surface area contributed by atoms with Crippen molar-refractivity contribution in [2.75, 3.05) is 52.5 Å². The first-order chi connectivity index (χ1) is 70.4. The maximum Gasteiger partial charge on any atom is 0.338 e. The van der Waals surface area contributed by atoms with Gasteiger partial charge in [0.05, 0.1) is 55.0 Å². The Morgan fingerprint density at radius 1 is 0.276 bits per heavy atom. The Bertz CT molecular complexity index is 8580. The highest BCUT2D eigenvalue weighted by Crippen LogP contribution is 2.42. The van der Waals surface area contributed by atoms with E-state index in [0.29, 0.717) is 0 Å². The zero-order valence-corrected chi connectivity index (χ0v) is 79.3. The summed E-state index contributed by atoms with van der Waals surface area (Å²) in [4.78, 5) is 47.0. The monoisotopic (exact) mass is 1960 g/mol. The third-order valence-electron chi connectivity index (χ3n) is 18.2. The van der Waals surface area contributed by atoms with E-state index in [1.54, 1.807) is 6.92 Å². The van der Waals surface area contributed by atoms with Gasteiger partial charge in [0.25, 0.3) is 0 Å². The predicted molar refractivity (Wildman–Crippen MR) is 542 cm³/mol. The molecule has 690 valence electrons. The van der Waals surface area contributed by atoms with Crippen molar-refractivity contribution in [3.05, 3.63) is 191 Å². The van der Waals surface area contributed by atoms with Gasteiger partial charge in [0, 0.05) is 219 Å². The summed E-state index contributed by atoms with van der Waals surface area (Å²) in [5.74, 6) is 142. The molecule has 6 aromatic rings. The van der Waals surface area contributed by atoms with E-state index in [1.165, 1.54) is 114 Å². The van der Waals surface area contributed by atoms with Gasteiger partial charge >= 0.3 is 23.9 Å². The van der Waals surface area contributed by atoms with Crippen LogP contribution < -0.4 is 0 Å². The number of esters is 2. The van der Waals surface area contributed by atoms with Crippen molar-refractivity contribution >= 4 is 64.0 Å². The normalized spacial score (nSPS) is 11.8. The summed E-state index contributed by atoms with van der Waals surface area (Å²) in [6, 6.07) is 39.3. The molecule has 2 spiro atoms. The third-order valence-corrected chi connectivity index (χ3v) is 25.9. The lowest BCUT2D eigenvalue weighted by molar-refractivity contribution is -0.0810. The summed E-state index contributed by atoms with van der Waals surface area (Å²) in [6.45, 7) is 2.47. The molecule has 4 fully saturated rings. The van der Waals surface area contributed by atoms with Crippen LogP contribution in [0.15, 0.2) is 177 Å². The lowest BCUT2D eigenvalue weighted by atomic mass is 10.0. The zero-order chi connectivity index (χ0) is 104. The summed E-state index contributed by atoms with van der Waals surface area (Å²) in [5, 5.41) is 18.0. The van der Waals surface area contributed by atoms with Crippen molar-refractivity contribution in [3.8, 4) is 369 Å². The molecular formula is C119H62N4O18S4. The summed E-state index contributed by atoms with van der Waals surface area (Å²) < 4.78 is 135. The first-order valence-electron chi connectivity index (χ1n) is 41.3. The lowest BCUT2D eigenvalue weighted by Crippen LogP contribution is -2.55. The minimum atomic E-state index is -4.04. The Morgan fingerprint density at radius 3 is 0.669 bits per heavy atom. The molecule has 0 unspecified atom stereocenters. The molecule has 2 N–H and O–H groups in total. The number of carboxylic acids is 2. The van der Waals surface area contributed by atoms with Crippen LogP contribution in [0.5, 0.6) is 0 Å². The highest BCUT2D eigenvalue weighted by Gasteiger charge is 2.53. The van der Waals surface area contributed by atoms with Crippen LogP contribution >= 0.6 is 0 Å². The summed E-state index contributed by atoms with van der Waals surface area (Å²) in [6.07, 6.45) is 15.2. The molecule has 0 saturated carbocycles. The minimum absolute atomic E-state index is 0.00693. The highest BCUT2D eigenvalue weighted by atomic mass is 32.2. The fourth-order valence-corrected chi connectivity index (χ4v) is 18.1. The van der Waals surface area contributed by atoms with E-state index in [2.05, 4.69) is 349 Å². The van der Waals surface area contributed by atoms with Gasteiger partial charge in [0.1, 0.15) is 24.7 Å². The number of hydrogen-bond acceptors (Lipinski definition) is 16. The summed E-state index contributed by atoms with van der Waals surface area (Å²) >= 11 is 0. The van der Waals surface area contributed by atoms with Gasteiger partial charge in [-0.2, -0.15) is 17.2 Å². The number of piperidine rings is 2. The minimum Gasteiger partial charge on any atom is -0.478 e. The maximum atomic E-state index is 13.8. The van der Waals surface area contributed by atoms with Crippen LogP contribution in [0.2, 0.25) is 0 Å². The molecule has 26 heteroatoms. The van der Waals surface area contributed by atoms with Gasteiger partial charge in [0.2, 0.25) is 40.1 Å². The van der Waals surface area contributed by atoms with Crippen molar-refractivity contribution in [2.45, 2.75) is 76.9 Å². The van der Waals surface area contributed by atoms with Crippen LogP contribution in [0, 0.1) is 369 Å². The van der Waals surface area contributed by atoms with Crippen LogP contribution in [0.1, 0.15) is 85.2 Å². The quantitative estimate of drug-likeness (QED) is 0.0737. The predicted octanol–water partition coefficient (Wildman–Crippen LogP) is 6.87. The third kappa shape index (κ3) is 38.7. The second-order valence-corrected chi connectivity index (χ2v) is 34.5. The van der Waals surface area contributed by atoms with E-state index in [4.69, 9.17) is 48.4 Å². The fourth-order valence-electron chi connectivity index (χ4n) is 11.8. The Balaban J connectivity index is 0.000000272. The van der Waals surface area contributed by atoms with Gasteiger partial charge in [-0.3, -0.25) is 0 Å². The van der Waals surface area contributed by atoms with E-state index in [-0.39, 0.29) is 133 Å². The van der Waals surface area contributed by atoms with Gasteiger partial charge in [-0.1, -0.05) is 66.6 Å². The molecule has 0 aliphatic carbocycles.